The van der Waals surface area contributed by atoms with Crippen molar-refractivity contribution in [3.63, 3.8) is 0 Å². The van der Waals surface area contributed by atoms with Gasteiger partial charge in [0, 0.05) is 13.1 Å². The molecule has 2 aromatic rings. The number of alkyl halides is 3. The van der Waals surface area contributed by atoms with Crippen molar-refractivity contribution in [2.24, 2.45) is 0 Å². The average molecular weight is 490 g/mol. The molecule has 0 radical (unpaired) electrons. The second-order valence-electron chi connectivity index (χ2n) is 7.01. The van der Waals surface area contributed by atoms with E-state index in [0.717, 1.165) is 12.1 Å². The number of hydroxylamine groups is 1. The molecule has 1 heterocycles. The summed E-state index contributed by atoms with van der Waals surface area (Å²) in [5.74, 6) is -1.10. The second-order valence-corrected chi connectivity index (χ2v) is 8.92. The number of piperidine rings is 1. The van der Waals surface area contributed by atoms with Crippen LogP contribution in [0.25, 0.3) is 0 Å². The molecule has 3 rings (SSSR count). The number of halogens is 3. The molecule has 0 aliphatic carbocycles. The van der Waals surface area contributed by atoms with E-state index >= 15 is 0 Å². The van der Waals surface area contributed by atoms with E-state index < -0.39 is 22.3 Å². The van der Waals surface area contributed by atoms with Gasteiger partial charge in [0.05, 0.1) is 12.0 Å². The van der Waals surface area contributed by atoms with Crippen LogP contribution < -0.4 is 19.7 Å². The van der Waals surface area contributed by atoms with Crippen molar-refractivity contribution in [3.05, 3.63) is 48.0 Å². The molecule has 0 spiro atoms. The fourth-order valence-corrected chi connectivity index (χ4v) is 5.09. The highest BCUT2D eigenvalue weighted by Gasteiger charge is 2.34. The molecular weight excluding hydrogens is 469 g/mol. The van der Waals surface area contributed by atoms with E-state index in [1.54, 1.807) is 0 Å². The number of benzene rings is 2. The normalized spacial score (nSPS) is 15.7. The molecule has 2 aromatic carbocycles. The van der Waals surface area contributed by atoms with Gasteiger partial charge in [0.2, 0.25) is 10.0 Å². The van der Waals surface area contributed by atoms with E-state index in [0.29, 0.717) is 18.6 Å². The van der Waals surface area contributed by atoms with Gasteiger partial charge in [-0.15, -0.1) is 13.2 Å². The molecule has 33 heavy (non-hydrogen) atoms. The Morgan fingerprint density at radius 2 is 1.70 bits per heavy atom. The zero-order chi connectivity index (χ0) is 24.2. The summed E-state index contributed by atoms with van der Waals surface area (Å²) in [5, 5.41) is 9.01. The first-order valence-electron chi connectivity index (χ1n) is 9.69. The van der Waals surface area contributed by atoms with Crippen LogP contribution in [0, 0.1) is 0 Å². The Bertz CT molecular complexity index is 1080. The van der Waals surface area contributed by atoms with Gasteiger partial charge in [-0.3, -0.25) is 10.0 Å². The highest BCUT2D eigenvalue weighted by atomic mass is 32.2. The molecule has 0 atom stereocenters. The molecule has 1 saturated heterocycles. The van der Waals surface area contributed by atoms with Crippen molar-refractivity contribution in [1.82, 2.24) is 9.79 Å². The summed E-state index contributed by atoms with van der Waals surface area (Å²) in [6, 6.07) is 8.98. The summed E-state index contributed by atoms with van der Waals surface area (Å²) in [5.41, 5.74) is 1.11. The summed E-state index contributed by atoms with van der Waals surface area (Å²) in [7, 11) is -2.83. The van der Waals surface area contributed by atoms with Gasteiger partial charge in [-0.1, -0.05) is 6.07 Å². The lowest BCUT2D eigenvalue weighted by atomic mass is 10.1. The summed E-state index contributed by atoms with van der Waals surface area (Å²) >= 11 is 0. The first kappa shape index (κ1) is 24.6. The Morgan fingerprint density at radius 1 is 1.09 bits per heavy atom. The molecule has 9 nitrogen and oxygen atoms in total. The van der Waals surface area contributed by atoms with Crippen LogP contribution in [0.2, 0.25) is 0 Å². The summed E-state index contributed by atoms with van der Waals surface area (Å²) in [6.07, 6.45) is -4.53. The van der Waals surface area contributed by atoms with E-state index in [1.165, 1.54) is 47.2 Å². The van der Waals surface area contributed by atoms with Crippen molar-refractivity contribution >= 4 is 15.9 Å². The molecule has 1 fully saturated rings. The van der Waals surface area contributed by atoms with Gasteiger partial charge in [-0.05, 0) is 49.2 Å². The Hall–Kier alpha value is -3.03. The fourth-order valence-electron chi connectivity index (χ4n) is 3.42. The number of methoxy groups -OCH3 is 1. The predicted molar refractivity (Wildman–Crippen MR) is 108 cm³/mol. The molecule has 13 heteroatoms. The van der Waals surface area contributed by atoms with E-state index in [9.17, 15) is 26.4 Å². The summed E-state index contributed by atoms with van der Waals surface area (Å²) in [4.78, 5) is 11.8. The van der Waals surface area contributed by atoms with E-state index in [4.69, 9.17) is 14.7 Å². The first-order chi connectivity index (χ1) is 15.5. The number of hydrogen-bond donors (Lipinski definition) is 2. The van der Waals surface area contributed by atoms with Crippen molar-refractivity contribution in [2.75, 3.05) is 20.2 Å². The number of hydrogen-bond acceptors (Lipinski definition) is 7. The molecule has 1 amide bonds. The fraction of sp³-hybridized carbons (Fsp3) is 0.350. The molecule has 0 unspecified atom stereocenters. The Morgan fingerprint density at radius 3 is 2.24 bits per heavy atom. The second kappa shape index (κ2) is 9.85. The molecule has 1 aliphatic heterocycles. The number of ether oxygens (including phenoxy) is 3. The number of nitrogens with one attached hydrogen (secondary N) is 1. The van der Waals surface area contributed by atoms with Crippen LogP contribution in [0.1, 0.15) is 23.2 Å². The van der Waals surface area contributed by atoms with Crippen LogP contribution in [0.15, 0.2) is 47.4 Å². The highest BCUT2D eigenvalue weighted by Crippen LogP contribution is 2.31. The molecule has 0 aromatic heterocycles. The lowest BCUT2D eigenvalue weighted by Gasteiger charge is -2.32. The van der Waals surface area contributed by atoms with Gasteiger partial charge in [-0.2, -0.15) is 4.31 Å². The molecule has 2 N–H and O–H groups in total. The van der Waals surface area contributed by atoms with Crippen LogP contribution in [0.4, 0.5) is 13.2 Å². The standard InChI is InChI=1S/C20H21F3N2O7S/c1-30-16-3-2-4-17(18(16)19(26)24-27)33(28,29)25-11-9-14(10-12-25)31-13-5-7-15(8-6-13)32-20(21,22)23/h2-8,14,27H,9-12H2,1H3,(H,24,26). The quantitative estimate of drug-likeness (QED) is 0.453. The van der Waals surface area contributed by atoms with Crippen LogP contribution in [0.5, 0.6) is 17.2 Å². The zero-order valence-electron chi connectivity index (χ0n) is 17.3. The van der Waals surface area contributed by atoms with Crippen molar-refractivity contribution in [2.45, 2.75) is 30.2 Å². The molecule has 0 bridgehead atoms. The maximum Gasteiger partial charge on any atom is 0.573 e. The number of nitrogens with zero attached hydrogens (tertiary/aromatic N) is 1. The molecular formula is C20H21F3N2O7S. The topological polar surface area (TPSA) is 114 Å². The first-order valence-corrected chi connectivity index (χ1v) is 11.1. The van der Waals surface area contributed by atoms with Crippen molar-refractivity contribution in [3.8, 4) is 17.2 Å². The lowest BCUT2D eigenvalue weighted by Crippen LogP contribution is -2.42. The minimum atomic E-state index is -4.79. The third kappa shape index (κ3) is 5.86. The molecule has 0 saturated carbocycles. The third-order valence-electron chi connectivity index (χ3n) is 4.92. The number of amides is 1. The van der Waals surface area contributed by atoms with Crippen LogP contribution in [-0.2, 0) is 10.0 Å². The third-order valence-corrected chi connectivity index (χ3v) is 6.86. The van der Waals surface area contributed by atoms with Crippen molar-refractivity contribution < 1.29 is 45.8 Å². The van der Waals surface area contributed by atoms with Crippen LogP contribution in [0.3, 0.4) is 0 Å². The van der Waals surface area contributed by atoms with Gasteiger partial charge >= 0.3 is 6.36 Å². The van der Waals surface area contributed by atoms with E-state index in [2.05, 4.69) is 4.74 Å². The predicted octanol–water partition coefficient (Wildman–Crippen LogP) is 2.94. The Kier molecular flexibility index (Phi) is 7.34. The van der Waals surface area contributed by atoms with E-state index in [1.807, 2.05) is 0 Å². The van der Waals surface area contributed by atoms with Crippen molar-refractivity contribution in [1.29, 1.82) is 0 Å². The van der Waals surface area contributed by atoms with Gasteiger partial charge in [0.1, 0.15) is 28.9 Å². The Labute approximate surface area is 187 Å². The van der Waals surface area contributed by atoms with Gasteiger partial charge in [0.15, 0.2) is 0 Å². The van der Waals surface area contributed by atoms with Gasteiger partial charge in [0.25, 0.3) is 5.91 Å². The Balaban J connectivity index is 1.68. The molecule has 1 aliphatic rings. The summed E-state index contributed by atoms with van der Waals surface area (Å²) in [6.45, 7) is 0.166. The number of sulfonamides is 1. The van der Waals surface area contributed by atoms with Gasteiger partial charge in [-0.25, -0.2) is 13.9 Å². The lowest BCUT2D eigenvalue weighted by molar-refractivity contribution is -0.274. The number of rotatable bonds is 7. The van der Waals surface area contributed by atoms with Gasteiger partial charge < -0.3 is 14.2 Å². The highest BCUT2D eigenvalue weighted by molar-refractivity contribution is 7.89. The minimum Gasteiger partial charge on any atom is -0.496 e. The largest absolute Gasteiger partial charge is 0.573 e. The monoisotopic (exact) mass is 490 g/mol. The number of carbonyl (C=O) groups is 1. The minimum absolute atomic E-state index is 0.0150. The average Bonchev–Trinajstić information content (AvgIpc) is 2.78. The smallest absolute Gasteiger partial charge is 0.496 e. The maximum absolute atomic E-state index is 13.2. The zero-order valence-corrected chi connectivity index (χ0v) is 18.1. The summed E-state index contributed by atoms with van der Waals surface area (Å²) < 4.78 is 78.9. The SMILES string of the molecule is COc1cccc(S(=O)(=O)N2CCC(Oc3ccc(OC(F)(F)F)cc3)CC2)c1C(=O)NO. The van der Waals surface area contributed by atoms with E-state index in [-0.39, 0.29) is 41.2 Å². The van der Waals surface area contributed by atoms with Crippen LogP contribution in [-0.4, -0.2) is 56.5 Å². The maximum atomic E-state index is 13.2. The molecule has 180 valence electrons. The van der Waals surface area contributed by atoms with Crippen LogP contribution >= 0.6 is 0 Å². The number of carbonyl (C=O) groups excluding carboxylic acids is 1.